The molecule has 3 aromatic rings. The topological polar surface area (TPSA) is 100 Å². The second-order valence-electron chi connectivity index (χ2n) is 9.13. The van der Waals surface area contributed by atoms with Crippen LogP contribution in [0.25, 0.3) is 11.3 Å². The van der Waals surface area contributed by atoms with Crippen LogP contribution in [0.2, 0.25) is 0 Å². The molecule has 9 nitrogen and oxygen atoms in total. The van der Waals surface area contributed by atoms with E-state index in [2.05, 4.69) is 10.6 Å². The van der Waals surface area contributed by atoms with Gasteiger partial charge in [-0.05, 0) is 50.0 Å². The predicted octanol–water partition coefficient (Wildman–Crippen LogP) is 3.68. The van der Waals surface area contributed by atoms with Crippen molar-refractivity contribution in [3.05, 3.63) is 77.9 Å². The van der Waals surface area contributed by atoms with Crippen LogP contribution < -0.4 is 24.4 Å². The number of hydrogen-bond donors (Lipinski definition) is 2. The number of nitrogens with zero attached hydrogens (tertiary/aromatic N) is 2. The van der Waals surface area contributed by atoms with Crippen LogP contribution in [0.15, 0.2) is 66.7 Å². The second-order valence-corrected chi connectivity index (χ2v) is 11.0. The van der Waals surface area contributed by atoms with E-state index in [0.29, 0.717) is 58.5 Å². The summed E-state index contributed by atoms with van der Waals surface area (Å²) < 4.78 is 37.2. The standard InChI is InChI=1S/C27H28N4O5S/c1-30(2)13-14-31(37(3,33)34)20-11-9-19(10-12-20)28-26(18-7-5-4-6-8-18)25-21-15-23-24(36-17-35-23)16-22(21)29-27(25)32/h4-12,15-16,28H,13-14,17H2,1-3H3,(H,29,32). The van der Waals surface area contributed by atoms with Crippen LogP contribution >= 0.6 is 0 Å². The fourth-order valence-corrected chi connectivity index (χ4v) is 5.24. The SMILES string of the molecule is CN(C)CCN(c1ccc(NC(=C2C(=O)Nc3cc4c(cc32)OCO4)c2ccccc2)cc1)S(C)(=O)=O. The number of nitrogens with one attached hydrogen (secondary N) is 2. The monoisotopic (exact) mass is 520 g/mol. The maximum Gasteiger partial charge on any atom is 0.258 e. The molecule has 2 N–H and O–H groups in total. The van der Waals surface area contributed by atoms with Crippen LogP contribution in [0.4, 0.5) is 17.1 Å². The van der Waals surface area contributed by atoms with Crippen molar-refractivity contribution in [2.24, 2.45) is 0 Å². The Labute approximate surface area is 216 Å². The number of benzene rings is 3. The highest BCUT2D eigenvalue weighted by Crippen LogP contribution is 2.45. The fraction of sp³-hybridized carbons (Fsp3) is 0.222. The summed E-state index contributed by atoms with van der Waals surface area (Å²) >= 11 is 0. The van der Waals surface area contributed by atoms with Gasteiger partial charge in [0.1, 0.15) is 0 Å². The van der Waals surface area contributed by atoms with Crippen LogP contribution in [0.5, 0.6) is 11.5 Å². The number of carbonyl (C=O) groups is 1. The van der Waals surface area contributed by atoms with Gasteiger partial charge in [-0.15, -0.1) is 0 Å². The van der Waals surface area contributed by atoms with Gasteiger partial charge < -0.3 is 25.0 Å². The Morgan fingerprint density at radius 2 is 1.65 bits per heavy atom. The quantitative estimate of drug-likeness (QED) is 0.437. The smallest absolute Gasteiger partial charge is 0.258 e. The molecule has 3 aromatic carbocycles. The van der Waals surface area contributed by atoms with E-state index in [0.717, 1.165) is 5.56 Å². The Balaban J connectivity index is 1.53. The van der Waals surface area contributed by atoms with Crippen molar-refractivity contribution in [1.82, 2.24) is 4.90 Å². The third kappa shape index (κ3) is 5.11. The first-order valence-corrected chi connectivity index (χ1v) is 13.6. The van der Waals surface area contributed by atoms with Crippen LogP contribution in [0, 0.1) is 0 Å². The summed E-state index contributed by atoms with van der Waals surface area (Å²) in [5.41, 5.74) is 4.57. The van der Waals surface area contributed by atoms with E-state index in [-0.39, 0.29) is 12.7 Å². The summed E-state index contributed by atoms with van der Waals surface area (Å²) in [6.45, 7) is 1.07. The van der Waals surface area contributed by atoms with Gasteiger partial charge in [0.25, 0.3) is 5.91 Å². The van der Waals surface area contributed by atoms with Gasteiger partial charge in [0, 0.05) is 30.4 Å². The van der Waals surface area contributed by atoms with Gasteiger partial charge in [-0.3, -0.25) is 9.10 Å². The Hall–Kier alpha value is -4.02. The number of hydrogen-bond acceptors (Lipinski definition) is 7. The molecule has 192 valence electrons. The molecular formula is C27H28N4O5S. The zero-order valence-electron chi connectivity index (χ0n) is 20.8. The molecule has 0 saturated heterocycles. The molecule has 2 aliphatic rings. The Morgan fingerprint density at radius 1 is 0.973 bits per heavy atom. The number of likely N-dealkylation sites (N-methyl/N-ethyl adjacent to an activating group) is 1. The molecule has 0 atom stereocenters. The van der Waals surface area contributed by atoms with E-state index in [1.807, 2.05) is 55.4 Å². The molecule has 1 amide bonds. The average Bonchev–Trinajstić information content (AvgIpc) is 3.44. The molecule has 0 saturated carbocycles. The summed E-state index contributed by atoms with van der Waals surface area (Å²) in [6.07, 6.45) is 1.20. The third-order valence-corrected chi connectivity index (χ3v) is 7.34. The number of sulfonamides is 1. The van der Waals surface area contributed by atoms with Gasteiger partial charge in [-0.1, -0.05) is 30.3 Å². The fourth-order valence-electron chi connectivity index (χ4n) is 4.32. The van der Waals surface area contributed by atoms with E-state index < -0.39 is 10.0 Å². The number of ether oxygens (including phenoxy) is 2. The molecular weight excluding hydrogens is 492 g/mol. The van der Waals surface area contributed by atoms with E-state index in [1.54, 1.807) is 30.3 Å². The largest absolute Gasteiger partial charge is 0.454 e. The minimum absolute atomic E-state index is 0.139. The minimum Gasteiger partial charge on any atom is -0.454 e. The van der Waals surface area contributed by atoms with Crippen molar-refractivity contribution in [3.8, 4) is 11.5 Å². The highest BCUT2D eigenvalue weighted by atomic mass is 32.2. The van der Waals surface area contributed by atoms with Crippen molar-refractivity contribution < 1.29 is 22.7 Å². The summed E-state index contributed by atoms with van der Waals surface area (Å²) in [5.74, 6) is 0.937. The first-order chi connectivity index (χ1) is 17.7. The van der Waals surface area contributed by atoms with Gasteiger partial charge in [-0.25, -0.2) is 8.42 Å². The molecule has 2 heterocycles. The maximum absolute atomic E-state index is 13.2. The Bertz CT molecular complexity index is 1470. The molecule has 5 rings (SSSR count). The molecule has 0 spiro atoms. The van der Waals surface area contributed by atoms with E-state index >= 15 is 0 Å². The lowest BCUT2D eigenvalue weighted by atomic mass is 9.99. The Kier molecular flexibility index (Phi) is 6.53. The maximum atomic E-state index is 13.2. The normalized spacial score (nSPS) is 15.4. The van der Waals surface area contributed by atoms with Crippen LogP contribution in [0.3, 0.4) is 0 Å². The summed E-state index contributed by atoms with van der Waals surface area (Å²) in [6, 6.07) is 20.3. The zero-order chi connectivity index (χ0) is 26.2. The van der Waals surface area contributed by atoms with Crippen molar-refractivity contribution >= 4 is 44.3 Å². The van der Waals surface area contributed by atoms with E-state index in [4.69, 9.17) is 9.47 Å². The lowest BCUT2D eigenvalue weighted by Gasteiger charge is -2.24. The third-order valence-electron chi connectivity index (χ3n) is 6.15. The van der Waals surface area contributed by atoms with E-state index in [1.165, 1.54) is 10.6 Å². The first kappa shape index (κ1) is 24.7. The number of carbonyl (C=O) groups excluding carboxylic acids is 1. The molecule has 0 unspecified atom stereocenters. The van der Waals surface area contributed by atoms with Crippen molar-refractivity contribution in [2.75, 3.05) is 55.2 Å². The van der Waals surface area contributed by atoms with Gasteiger partial charge in [0.2, 0.25) is 16.8 Å². The highest BCUT2D eigenvalue weighted by Gasteiger charge is 2.31. The number of rotatable bonds is 8. The molecule has 2 aliphatic heterocycles. The van der Waals surface area contributed by atoms with Gasteiger partial charge in [0.15, 0.2) is 11.5 Å². The highest BCUT2D eigenvalue weighted by molar-refractivity contribution is 7.92. The Morgan fingerprint density at radius 3 is 2.30 bits per heavy atom. The summed E-state index contributed by atoms with van der Waals surface area (Å²) in [4.78, 5) is 15.1. The zero-order valence-corrected chi connectivity index (χ0v) is 21.6. The van der Waals surface area contributed by atoms with Gasteiger partial charge >= 0.3 is 0 Å². The van der Waals surface area contributed by atoms with Gasteiger partial charge in [0.05, 0.1) is 28.9 Å². The molecule has 0 aliphatic carbocycles. The molecule has 0 radical (unpaired) electrons. The first-order valence-electron chi connectivity index (χ1n) is 11.8. The molecule has 0 aromatic heterocycles. The molecule has 0 fully saturated rings. The van der Waals surface area contributed by atoms with Gasteiger partial charge in [-0.2, -0.15) is 0 Å². The number of amides is 1. The van der Waals surface area contributed by atoms with E-state index in [9.17, 15) is 13.2 Å². The second kappa shape index (κ2) is 9.79. The molecule has 37 heavy (non-hydrogen) atoms. The lowest BCUT2D eigenvalue weighted by molar-refractivity contribution is -0.110. The minimum atomic E-state index is -3.45. The van der Waals surface area contributed by atoms with Crippen LogP contribution in [-0.2, 0) is 14.8 Å². The van der Waals surface area contributed by atoms with Crippen LogP contribution in [0.1, 0.15) is 11.1 Å². The average molecular weight is 521 g/mol. The number of anilines is 3. The summed E-state index contributed by atoms with van der Waals surface area (Å²) in [7, 11) is 0.350. The predicted molar refractivity (Wildman–Crippen MR) is 145 cm³/mol. The lowest BCUT2D eigenvalue weighted by Crippen LogP contribution is -2.35. The van der Waals surface area contributed by atoms with Crippen LogP contribution in [-0.4, -0.2) is 59.5 Å². The summed E-state index contributed by atoms with van der Waals surface area (Å²) in [5, 5.41) is 6.33. The molecule has 0 bridgehead atoms. The molecule has 10 heteroatoms. The number of fused-ring (bicyclic) bond motifs is 2. The van der Waals surface area contributed by atoms with Crippen molar-refractivity contribution in [1.29, 1.82) is 0 Å². The van der Waals surface area contributed by atoms with Crippen molar-refractivity contribution in [2.45, 2.75) is 0 Å². The van der Waals surface area contributed by atoms with Crippen molar-refractivity contribution in [3.63, 3.8) is 0 Å².